The van der Waals surface area contributed by atoms with Crippen LogP contribution < -0.4 is 5.50 Å². The first kappa shape index (κ1) is 13.8. The predicted octanol–water partition coefficient (Wildman–Crippen LogP) is 2.22. The van der Waals surface area contributed by atoms with Gasteiger partial charge in [-0.25, -0.2) is 4.67 Å². The highest BCUT2D eigenvalue weighted by Crippen LogP contribution is 2.36. The normalized spacial score (nSPS) is 13.6. The van der Waals surface area contributed by atoms with E-state index in [1.807, 2.05) is 6.07 Å². The molecule has 82 valence electrons. The van der Waals surface area contributed by atoms with Gasteiger partial charge in [-0.15, -0.1) is 0 Å². The molecule has 1 atom stereocenters. The van der Waals surface area contributed by atoms with Crippen LogP contribution in [0.4, 0.5) is 0 Å². The smallest absolute Gasteiger partial charge is 0.182 e. The van der Waals surface area contributed by atoms with E-state index in [1.165, 1.54) is 0 Å². The summed E-state index contributed by atoms with van der Waals surface area (Å²) in [6.45, 7) is 8.80. The minimum atomic E-state index is -1.05. The highest BCUT2D eigenvalue weighted by molar-refractivity contribution is 7.47. The van der Waals surface area contributed by atoms with Crippen LogP contribution in [0.2, 0.25) is 0 Å². The van der Waals surface area contributed by atoms with Crippen molar-refractivity contribution in [2.24, 2.45) is 5.50 Å². The van der Waals surface area contributed by atoms with Crippen LogP contribution in [0.5, 0.6) is 0 Å². The lowest BCUT2D eigenvalue weighted by atomic mass is 10.3. The van der Waals surface area contributed by atoms with Crippen molar-refractivity contribution in [1.82, 2.24) is 4.67 Å². The SMILES string of the molecule is CC(C)N(C(C)C)P(N)OCCC#N. The molecule has 0 aromatic carbocycles. The Morgan fingerprint density at radius 1 is 1.36 bits per heavy atom. The quantitative estimate of drug-likeness (QED) is 0.547. The molecule has 0 aromatic heterocycles. The maximum absolute atomic E-state index is 8.36. The van der Waals surface area contributed by atoms with Gasteiger partial charge in [-0.2, -0.15) is 5.26 Å². The minimum absolute atomic E-state index is 0.369. The van der Waals surface area contributed by atoms with Crippen molar-refractivity contribution in [3.05, 3.63) is 0 Å². The van der Waals surface area contributed by atoms with Crippen LogP contribution in [0.25, 0.3) is 0 Å². The number of nitrogens with zero attached hydrogens (tertiary/aromatic N) is 2. The Hall–Kier alpha value is -0.200. The van der Waals surface area contributed by atoms with Crippen molar-refractivity contribution in [3.63, 3.8) is 0 Å². The number of nitriles is 1. The standard InChI is InChI=1S/C9H20N3OP/c1-8(2)12(9(3)4)14(11)13-7-5-6-10/h8-9H,5,7,11H2,1-4H3. The third-order valence-electron chi connectivity index (χ3n) is 1.72. The van der Waals surface area contributed by atoms with E-state index in [1.54, 1.807) is 0 Å². The first-order chi connectivity index (χ1) is 6.50. The molecule has 0 rings (SSSR count). The average molecular weight is 217 g/mol. The molecule has 14 heavy (non-hydrogen) atoms. The molecule has 0 aliphatic rings. The molecule has 0 saturated carbocycles. The average Bonchev–Trinajstić information content (AvgIpc) is 2.03. The van der Waals surface area contributed by atoms with Crippen LogP contribution in [-0.2, 0) is 4.52 Å². The monoisotopic (exact) mass is 217 g/mol. The number of nitrogens with two attached hydrogens (primary N) is 1. The molecule has 0 bridgehead atoms. The maximum atomic E-state index is 8.36. The van der Waals surface area contributed by atoms with Crippen LogP contribution in [0, 0.1) is 11.3 Å². The Balaban J connectivity index is 4.03. The zero-order chi connectivity index (χ0) is 11.1. The summed E-state index contributed by atoms with van der Waals surface area (Å²) in [6.07, 6.45) is 0.403. The molecule has 0 aliphatic heterocycles. The van der Waals surface area contributed by atoms with Crippen molar-refractivity contribution >= 4 is 8.45 Å². The van der Waals surface area contributed by atoms with Crippen molar-refractivity contribution in [3.8, 4) is 6.07 Å². The van der Waals surface area contributed by atoms with Gasteiger partial charge in [0.15, 0.2) is 8.45 Å². The van der Waals surface area contributed by atoms with Gasteiger partial charge in [0, 0.05) is 12.1 Å². The van der Waals surface area contributed by atoms with E-state index in [0.717, 1.165) is 0 Å². The van der Waals surface area contributed by atoms with Gasteiger partial charge in [0.2, 0.25) is 0 Å². The van der Waals surface area contributed by atoms with Crippen LogP contribution in [-0.4, -0.2) is 23.4 Å². The summed E-state index contributed by atoms with van der Waals surface area (Å²) in [5.74, 6) is 0. The zero-order valence-electron chi connectivity index (χ0n) is 9.40. The second-order valence-electron chi connectivity index (χ2n) is 3.61. The van der Waals surface area contributed by atoms with Gasteiger partial charge >= 0.3 is 0 Å². The molecule has 0 aromatic rings. The van der Waals surface area contributed by atoms with Crippen molar-refractivity contribution < 1.29 is 4.52 Å². The summed E-state index contributed by atoms with van der Waals surface area (Å²) in [7, 11) is -1.05. The number of rotatable bonds is 6. The molecule has 0 heterocycles. The number of hydrogen-bond acceptors (Lipinski definition) is 4. The van der Waals surface area contributed by atoms with Crippen LogP contribution in [0.15, 0.2) is 0 Å². The Kier molecular flexibility index (Phi) is 7.04. The van der Waals surface area contributed by atoms with Crippen LogP contribution in [0.3, 0.4) is 0 Å². The molecule has 0 spiro atoms. The fourth-order valence-corrected chi connectivity index (χ4v) is 2.63. The third kappa shape index (κ3) is 4.88. The van der Waals surface area contributed by atoms with E-state index in [0.29, 0.717) is 25.1 Å². The van der Waals surface area contributed by atoms with E-state index in [2.05, 4.69) is 32.4 Å². The van der Waals surface area contributed by atoms with E-state index in [-0.39, 0.29) is 0 Å². The summed E-state index contributed by atoms with van der Waals surface area (Å²) < 4.78 is 7.54. The Morgan fingerprint density at radius 2 is 1.86 bits per heavy atom. The summed E-state index contributed by atoms with van der Waals surface area (Å²) in [5.41, 5.74) is 5.92. The maximum Gasteiger partial charge on any atom is 0.182 e. The van der Waals surface area contributed by atoms with Gasteiger partial charge in [0.25, 0.3) is 0 Å². The Bertz CT molecular complexity index is 183. The van der Waals surface area contributed by atoms with Gasteiger partial charge in [-0.05, 0) is 27.7 Å². The van der Waals surface area contributed by atoms with Gasteiger partial charge in [-0.1, -0.05) is 0 Å². The van der Waals surface area contributed by atoms with Crippen LogP contribution >= 0.6 is 8.45 Å². The zero-order valence-corrected chi connectivity index (χ0v) is 10.3. The highest BCUT2D eigenvalue weighted by atomic mass is 31.2. The molecular formula is C9H20N3OP. The van der Waals surface area contributed by atoms with E-state index < -0.39 is 8.45 Å². The lowest BCUT2D eigenvalue weighted by molar-refractivity contribution is 0.257. The summed E-state index contributed by atoms with van der Waals surface area (Å²) in [6, 6.07) is 2.77. The molecule has 0 amide bonds. The second kappa shape index (κ2) is 7.14. The molecule has 0 fully saturated rings. The van der Waals surface area contributed by atoms with Gasteiger partial charge in [0.05, 0.1) is 19.1 Å². The summed E-state index contributed by atoms with van der Waals surface area (Å²) >= 11 is 0. The van der Waals surface area contributed by atoms with Gasteiger partial charge in [-0.3, -0.25) is 5.50 Å². The second-order valence-corrected chi connectivity index (χ2v) is 4.94. The lowest BCUT2D eigenvalue weighted by Gasteiger charge is -2.34. The lowest BCUT2D eigenvalue weighted by Crippen LogP contribution is -2.35. The fourth-order valence-electron chi connectivity index (χ4n) is 1.30. The van der Waals surface area contributed by atoms with E-state index >= 15 is 0 Å². The Morgan fingerprint density at radius 3 is 2.21 bits per heavy atom. The molecule has 0 saturated heterocycles. The molecule has 0 radical (unpaired) electrons. The molecular weight excluding hydrogens is 197 g/mol. The molecule has 4 nitrogen and oxygen atoms in total. The van der Waals surface area contributed by atoms with Crippen molar-refractivity contribution in [1.29, 1.82) is 5.26 Å². The van der Waals surface area contributed by atoms with Crippen molar-refractivity contribution in [2.75, 3.05) is 6.61 Å². The first-order valence-electron chi connectivity index (χ1n) is 4.83. The molecule has 0 aliphatic carbocycles. The van der Waals surface area contributed by atoms with Gasteiger partial charge in [0.1, 0.15) is 0 Å². The predicted molar refractivity (Wildman–Crippen MR) is 59.4 cm³/mol. The fraction of sp³-hybridized carbons (Fsp3) is 0.889. The van der Waals surface area contributed by atoms with E-state index in [9.17, 15) is 0 Å². The first-order valence-corrected chi connectivity index (χ1v) is 6.11. The Labute approximate surface area is 88.0 Å². The minimum Gasteiger partial charge on any atom is -0.331 e. The molecule has 2 N–H and O–H groups in total. The summed E-state index contributed by atoms with van der Waals surface area (Å²) in [5, 5.41) is 8.36. The topological polar surface area (TPSA) is 62.3 Å². The summed E-state index contributed by atoms with van der Waals surface area (Å²) in [4.78, 5) is 0. The third-order valence-corrected chi connectivity index (χ3v) is 3.55. The van der Waals surface area contributed by atoms with Gasteiger partial charge < -0.3 is 4.52 Å². The molecule has 1 unspecified atom stereocenters. The highest BCUT2D eigenvalue weighted by Gasteiger charge is 2.21. The van der Waals surface area contributed by atoms with Crippen LogP contribution in [0.1, 0.15) is 34.1 Å². The van der Waals surface area contributed by atoms with Crippen molar-refractivity contribution in [2.45, 2.75) is 46.2 Å². The molecule has 5 heteroatoms. The number of hydrogen-bond donors (Lipinski definition) is 1. The largest absolute Gasteiger partial charge is 0.331 e. The van der Waals surface area contributed by atoms with E-state index in [4.69, 9.17) is 15.3 Å².